The first-order valence-corrected chi connectivity index (χ1v) is 5.59. The number of hydrogen-bond donors (Lipinski definition) is 2. The van der Waals surface area contributed by atoms with E-state index in [1.807, 2.05) is 0 Å². The van der Waals surface area contributed by atoms with E-state index in [0.717, 1.165) is 12.4 Å². The van der Waals surface area contributed by atoms with Gasteiger partial charge in [0.15, 0.2) is 0 Å². The molecule has 0 saturated heterocycles. The van der Waals surface area contributed by atoms with Crippen molar-refractivity contribution in [3.05, 3.63) is 33.9 Å². The second-order valence-electron chi connectivity index (χ2n) is 3.82. The average Bonchev–Trinajstić information content (AvgIpc) is 2.15. The van der Waals surface area contributed by atoms with E-state index in [4.69, 9.17) is 0 Å². The highest BCUT2D eigenvalue weighted by Crippen LogP contribution is 2.21. The van der Waals surface area contributed by atoms with Gasteiger partial charge in [0.2, 0.25) is 0 Å². The lowest BCUT2D eigenvalue weighted by atomic mass is 9.94. The second-order valence-corrected chi connectivity index (χ2v) is 4.14. The molecule has 1 aromatic carbocycles. The molecule has 2 heteroatoms. The number of hydrogen-bond acceptors (Lipinski definition) is 2. The van der Waals surface area contributed by atoms with Gasteiger partial charge in [-0.15, -0.1) is 0 Å². The van der Waals surface area contributed by atoms with Gasteiger partial charge >= 0.3 is 0 Å². The molecule has 0 aromatic heterocycles. The lowest BCUT2D eigenvalue weighted by Crippen LogP contribution is -2.13. The molecule has 0 aliphatic heterocycles. The monoisotopic (exact) mass is 209 g/mol. The highest BCUT2D eigenvalue weighted by atomic mass is 32.1. The van der Waals surface area contributed by atoms with Crippen molar-refractivity contribution >= 4 is 12.6 Å². The Kier molecular flexibility index (Phi) is 4.02. The largest absolute Gasteiger partial charge is 0.304 e. The molecular formula is C12H19NS. The van der Waals surface area contributed by atoms with Crippen LogP contribution in [0.25, 0.3) is 0 Å². The molecule has 1 nitrogen and oxygen atoms in total. The van der Waals surface area contributed by atoms with Crippen LogP contribution in [0.2, 0.25) is 0 Å². The van der Waals surface area contributed by atoms with E-state index in [2.05, 4.69) is 51.7 Å². The third-order valence-electron chi connectivity index (χ3n) is 2.93. The predicted octanol–water partition coefficient (Wildman–Crippen LogP) is 2.90. The topological polar surface area (TPSA) is 12.0 Å². The number of thiol groups is 1. The molecule has 1 aromatic rings. The molecule has 0 fully saturated rings. The third kappa shape index (κ3) is 2.31. The summed E-state index contributed by atoms with van der Waals surface area (Å²) in [7, 11) is 0. The zero-order valence-electron chi connectivity index (χ0n) is 9.44. The van der Waals surface area contributed by atoms with Gasteiger partial charge < -0.3 is 5.32 Å². The van der Waals surface area contributed by atoms with Gasteiger partial charge in [-0.2, -0.15) is 12.6 Å². The van der Waals surface area contributed by atoms with Crippen molar-refractivity contribution in [3.63, 3.8) is 0 Å². The van der Waals surface area contributed by atoms with E-state index in [-0.39, 0.29) is 0 Å². The Morgan fingerprint density at radius 1 is 1.07 bits per heavy atom. The summed E-state index contributed by atoms with van der Waals surface area (Å²) >= 11 is 4.16. The lowest BCUT2D eigenvalue weighted by molar-refractivity contribution is 0.785. The lowest BCUT2D eigenvalue weighted by Gasteiger charge is -2.15. The van der Waals surface area contributed by atoms with E-state index < -0.39 is 0 Å². The van der Waals surface area contributed by atoms with Crippen molar-refractivity contribution in [1.29, 1.82) is 0 Å². The zero-order valence-corrected chi connectivity index (χ0v) is 10.3. The molecule has 78 valence electrons. The Labute approximate surface area is 92.3 Å². The summed E-state index contributed by atoms with van der Waals surface area (Å²) in [6.45, 7) is 9.65. The number of nitrogens with one attached hydrogen (secondary N) is 1. The molecule has 0 unspecified atom stereocenters. The van der Waals surface area contributed by atoms with Crippen molar-refractivity contribution in [1.82, 2.24) is 5.32 Å². The SMILES string of the molecule is Cc1cc(C)c(C)c(CNCS)c1C. The Balaban J connectivity index is 3.11. The first kappa shape index (κ1) is 11.6. The Morgan fingerprint density at radius 3 is 2.00 bits per heavy atom. The van der Waals surface area contributed by atoms with Crippen molar-refractivity contribution in [2.45, 2.75) is 34.2 Å². The summed E-state index contributed by atoms with van der Waals surface area (Å²) in [6, 6.07) is 2.26. The quantitative estimate of drug-likeness (QED) is 0.576. The van der Waals surface area contributed by atoms with Gasteiger partial charge in [0.25, 0.3) is 0 Å². The fourth-order valence-electron chi connectivity index (χ4n) is 1.74. The minimum Gasteiger partial charge on any atom is -0.304 e. The molecule has 1 rings (SSSR count). The zero-order chi connectivity index (χ0) is 10.7. The van der Waals surface area contributed by atoms with Gasteiger partial charge in [-0.1, -0.05) is 6.07 Å². The molecule has 0 atom stereocenters. The minimum absolute atomic E-state index is 0.728. The van der Waals surface area contributed by atoms with Gasteiger partial charge in [0, 0.05) is 12.4 Å². The predicted molar refractivity (Wildman–Crippen MR) is 66.1 cm³/mol. The van der Waals surface area contributed by atoms with Crippen molar-refractivity contribution in [2.24, 2.45) is 0 Å². The van der Waals surface area contributed by atoms with Gasteiger partial charge in [-0.05, 0) is 55.5 Å². The number of aryl methyl sites for hydroxylation is 2. The fraction of sp³-hybridized carbons (Fsp3) is 0.500. The van der Waals surface area contributed by atoms with Crippen LogP contribution in [0.4, 0.5) is 0 Å². The van der Waals surface area contributed by atoms with Crippen LogP contribution in [-0.2, 0) is 6.54 Å². The summed E-state index contributed by atoms with van der Waals surface area (Å²) in [5.41, 5.74) is 6.99. The van der Waals surface area contributed by atoms with Crippen LogP contribution in [0, 0.1) is 27.7 Å². The standard InChI is InChI=1S/C12H19NS/c1-8-5-9(2)11(4)12(10(8)3)6-13-7-14/h5,13-14H,6-7H2,1-4H3. The van der Waals surface area contributed by atoms with Crippen LogP contribution in [0.3, 0.4) is 0 Å². The van der Waals surface area contributed by atoms with Gasteiger partial charge in [-0.3, -0.25) is 0 Å². The van der Waals surface area contributed by atoms with Crippen molar-refractivity contribution in [2.75, 3.05) is 5.88 Å². The van der Waals surface area contributed by atoms with E-state index in [9.17, 15) is 0 Å². The maximum absolute atomic E-state index is 4.16. The summed E-state index contributed by atoms with van der Waals surface area (Å²) < 4.78 is 0. The van der Waals surface area contributed by atoms with Crippen molar-refractivity contribution in [3.8, 4) is 0 Å². The maximum atomic E-state index is 4.16. The molecule has 1 N–H and O–H groups in total. The van der Waals surface area contributed by atoms with E-state index in [0.29, 0.717) is 0 Å². The van der Waals surface area contributed by atoms with Gasteiger partial charge in [0.05, 0.1) is 0 Å². The molecule has 0 radical (unpaired) electrons. The van der Waals surface area contributed by atoms with Gasteiger partial charge in [-0.25, -0.2) is 0 Å². The highest BCUT2D eigenvalue weighted by Gasteiger charge is 2.07. The molecule has 0 aliphatic carbocycles. The average molecular weight is 209 g/mol. The normalized spacial score (nSPS) is 10.6. The van der Waals surface area contributed by atoms with Crippen LogP contribution in [0.5, 0.6) is 0 Å². The van der Waals surface area contributed by atoms with Crippen LogP contribution < -0.4 is 5.32 Å². The number of benzene rings is 1. The highest BCUT2D eigenvalue weighted by molar-refractivity contribution is 7.80. The first-order chi connectivity index (χ1) is 6.57. The minimum atomic E-state index is 0.728. The molecule has 0 saturated carbocycles. The van der Waals surface area contributed by atoms with Crippen LogP contribution in [-0.4, -0.2) is 5.88 Å². The van der Waals surface area contributed by atoms with E-state index in [1.54, 1.807) is 0 Å². The number of rotatable bonds is 3. The van der Waals surface area contributed by atoms with Crippen LogP contribution >= 0.6 is 12.6 Å². The fourth-order valence-corrected chi connectivity index (χ4v) is 1.86. The third-order valence-corrected chi connectivity index (χ3v) is 3.16. The molecule has 0 heterocycles. The molecule has 0 spiro atoms. The Morgan fingerprint density at radius 2 is 1.57 bits per heavy atom. The molecule has 0 bridgehead atoms. The Hall–Kier alpha value is -0.470. The first-order valence-electron chi connectivity index (χ1n) is 4.95. The molecule has 14 heavy (non-hydrogen) atoms. The van der Waals surface area contributed by atoms with Crippen molar-refractivity contribution < 1.29 is 0 Å². The smallest absolute Gasteiger partial charge is 0.0390 e. The summed E-state index contributed by atoms with van der Waals surface area (Å²) in [6.07, 6.45) is 0. The van der Waals surface area contributed by atoms with Crippen LogP contribution in [0.1, 0.15) is 27.8 Å². The molecule has 0 aliphatic rings. The molecular weight excluding hydrogens is 190 g/mol. The summed E-state index contributed by atoms with van der Waals surface area (Å²) in [5, 5.41) is 3.26. The summed E-state index contributed by atoms with van der Waals surface area (Å²) in [5.74, 6) is 0.728. The van der Waals surface area contributed by atoms with E-state index >= 15 is 0 Å². The van der Waals surface area contributed by atoms with Gasteiger partial charge in [0.1, 0.15) is 0 Å². The second kappa shape index (κ2) is 4.85. The molecule has 0 amide bonds. The van der Waals surface area contributed by atoms with E-state index in [1.165, 1.54) is 27.8 Å². The Bertz CT molecular complexity index is 305. The summed E-state index contributed by atoms with van der Waals surface area (Å²) in [4.78, 5) is 0. The van der Waals surface area contributed by atoms with Crippen LogP contribution in [0.15, 0.2) is 6.07 Å². The maximum Gasteiger partial charge on any atom is 0.0390 e.